The number of carbonyl (C=O) groups is 1. The van der Waals surface area contributed by atoms with Crippen molar-refractivity contribution in [1.82, 2.24) is 19.8 Å². The van der Waals surface area contributed by atoms with Crippen LogP contribution in [0.5, 0.6) is 5.75 Å². The Morgan fingerprint density at radius 2 is 1.84 bits per heavy atom. The summed E-state index contributed by atoms with van der Waals surface area (Å²) >= 11 is 5.71. The van der Waals surface area contributed by atoms with Crippen LogP contribution in [0.15, 0.2) is 41.2 Å². The number of ether oxygens (including phenoxy) is 1. The Morgan fingerprint density at radius 3 is 2.41 bits per heavy atom. The Morgan fingerprint density at radius 1 is 1.16 bits per heavy atom. The summed E-state index contributed by atoms with van der Waals surface area (Å²) in [6, 6.07) is 7.76. The molecule has 0 radical (unpaired) electrons. The molecule has 0 bridgehead atoms. The molecule has 32 heavy (non-hydrogen) atoms. The first-order valence-electron chi connectivity index (χ1n) is 9.21. The molecular weight excluding hydrogens is 453 g/mol. The third-order valence-corrected chi connectivity index (χ3v) is 4.91. The molecule has 0 amide bonds. The molecule has 12 heteroatoms. The molecule has 0 aliphatic heterocycles. The maximum absolute atomic E-state index is 12.9. The number of aryl methyl sites for hydroxylation is 1. The SMILES string of the molecule is Cc1cc(Cn2nnn(-c3ccc(C(F)(F)F)c(Cl)c3)c2=O)ccc1OC(C)(C)C(=O)O. The van der Waals surface area contributed by atoms with Gasteiger partial charge in [0.25, 0.3) is 0 Å². The average molecular weight is 471 g/mol. The number of nitrogens with zero attached hydrogens (tertiary/aromatic N) is 4. The Kier molecular flexibility index (Phi) is 6.05. The second kappa shape index (κ2) is 8.30. The van der Waals surface area contributed by atoms with E-state index in [9.17, 15) is 27.9 Å². The topological polar surface area (TPSA) is 99.2 Å². The predicted octanol–water partition coefficient (Wildman–Crippen LogP) is 3.70. The fraction of sp³-hybridized carbons (Fsp3) is 0.300. The lowest BCUT2D eigenvalue weighted by atomic mass is 10.1. The van der Waals surface area contributed by atoms with E-state index in [0.717, 1.165) is 27.6 Å². The van der Waals surface area contributed by atoms with Crippen LogP contribution in [-0.2, 0) is 17.5 Å². The monoisotopic (exact) mass is 470 g/mol. The van der Waals surface area contributed by atoms with E-state index in [0.29, 0.717) is 16.9 Å². The summed E-state index contributed by atoms with van der Waals surface area (Å²) in [5.74, 6) is -0.746. The lowest BCUT2D eigenvalue weighted by molar-refractivity contribution is -0.152. The van der Waals surface area contributed by atoms with Crippen molar-refractivity contribution in [3.8, 4) is 11.4 Å². The molecule has 0 aliphatic rings. The largest absolute Gasteiger partial charge is 0.478 e. The molecule has 1 aromatic heterocycles. The van der Waals surface area contributed by atoms with Gasteiger partial charge in [0.1, 0.15) is 5.75 Å². The van der Waals surface area contributed by atoms with Crippen molar-refractivity contribution in [3.63, 3.8) is 0 Å². The van der Waals surface area contributed by atoms with E-state index in [1.165, 1.54) is 13.8 Å². The molecule has 3 aromatic rings. The Hall–Kier alpha value is -3.34. The lowest BCUT2D eigenvalue weighted by Crippen LogP contribution is -2.38. The molecular formula is C20H18ClF3N4O4. The molecule has 0 spiro atoms. The Labute approximate surface area is 184 Å². The quantitative estimate of drug-likeness (QED) is 0.589. The predicted molar refractivity (Wildman–Crippen MR) is 108 cm³/mol. The van der Waals surface area contributed by atoms with Gasteiger partial charge in [-0.1, -0.05) is 23.7 Å². The second-order valence-electron chi connectivity index (χ2n) is 7.51. The van der Waals surface area contributed by atoms with Crippen molar-refractivity contribution in [1.29, 1.82) is 0 Å². The second-order valence-corrected chi connectivity index (χ2v) is 7.92. The molecule has 3 rings (SSSR count). The number of benzene rings is 2. The summed E-state index contributed by atoms with van der Waals surface area (Å²) in [4.78, 5) is 23.9. The zero-order chi connectivity index (χ0) is 23.8. The Balaban J connectivity index is 1.84. The minimum absolute atomic E-state index is 0.0244. The van der Waals surface area contributed by atoms with Crippen LogP contribution in [0.2, 0.25) is 5.02 Å². The minimum Gasteiger partial charge on any atom is -0.478 e. The molecule has 1 N–H and O–H groups in total. The number of carboxylic acid groups (broad SMARTS) is 1. The molecule has 0 aliphatic carbocycles. The highest BCUT2D eigenvalue weighted by Gasteiger charge is 2.33. The van der Waals surface area contributed by atoms with Gasteiger partial charge in [-0.25, -0.2) is 9.59 Å². The van der Waals surface area contributed by atoms with Gasteiger partial charge in [0, 0.05) is 0 Å². The number of rotatable bonds is 6. The molecule has 0 saturated heterocycles. The van der Waals surface area contributed by atoms with Crippen LogP contribution < -0.4 is 10.4 Å². The van der Waals surface area contributed by atoms with Gasteiger partial charge in [-0.2, -0.15) is 22.5 Å². The molecule has 8 nitrogen and oxygen atoms in total. The number of hydrogen-bond acceptors (Lipinski definition) is 5. The van der Waals surface area contributed by atoms with Gasteiger partial charge < -0.3 is 9.84 Å². The van der Waals surface area contributed by atoms with E-state index in [1.807, 2.05) is 0 Å². The first-order chi connectivity index (χ1) is 14.8. The molecule has 170 valence electrons. The highest BCUT2D eigenvalue weighted by atomic mass is 35.5. The molecule has 0 fully saturated rings. The molecule has 0 saturated carbocycles. The van der Waals surface area contributed by atoms with Crippen molar-refractivity contribution in [2.45, 2.75) is 39.1 Å². The maximum Gasteiger partial charge on any atom is 0.417 e. The summed E-state index contributed by atoms with van der Waals surface area (Å²) in [5, 5.41) is 16.1. The van der Waals surface area contributed by atoms with Crippen molar-refractivity contribution < 1.29 is 27.8 Å². The van der Waals surface area contributed by atoms with Gasteiger partial charge in [0.2, 0.25) is 0 Å². The number of tetrazole rings is 1. The molecule has 1 heterocycles. The molecule has 0 atom stereocenters. The van der Waals surface area contributed by atoms with E-state index in [4.69, 9.17) is 16.3 Å². The van der Waals surface area contributed by atoms with Crippen LogP contribution in [0, 0.1) is 6.92 Å². The Bertz CT molecular complexity index is 1230. The van der Waals surface area contributed by atoms with Gasteiger partial charge in [-0.05, 0) is 66.6 Å². The average Bonchev–Trinajstić information content (AvgIpc) is 3.03. The van der Waals surface area contributed by atoms with Crippen molar-refractivity contribution >= 4 is 17.6 Å². The van der Waals surface area contributed by atoms with Gasteiger partial charge in [0.15, 0.2) is 5.60 Å². The maximum atomic E-state index is 12.9. The van der Waals surface area contributed by atoms with Crippen LogP contribution in [-0.4, -0.2) is 36.5 Å². The zero-order valence-corrected chi connectivity index (χ0v) is 17.9. The normalized spacial score (nSPS) is 12.1. The van der Waals surface area contributed by atoms with Gasteiger partial charge in [-0.15, -0.1) is 0 Å². The van der Waals surface area contributed by atoms with Crippen molar-refractivity contribution in [2.24, 2.45) is 0 Å². The third kappa shape index (κ3) is 4.77. The van der Waals surface area contributed by atoms with Crippen molar-refractivity contribution in [3.05, 3.63) is 68.6 Å². The van der Waals surface area contributed by atoms with Crippen LogP contribution >= 0.6 is 11.6 Å². The number of alkyl halides is 3. The molecule has 2 aromatic carbocycles. The van der Waals surface area contributed by atoms with Crippen LogP contribution in [0.25, 0.3) is 5.69 Å². The minimum atomic E-state index is -4.62. The van der Waals surface area contributed by atoms with Crippen LogP contribution in [0.4, 0.5) is 13.2 Å². The van der Waals surface area contributed by atoms with E-state index >= 15 is 0 Å². The summed E-state index contributed by atoms with van der Waals surface area (Å²) in [6.45, 7) is 4.60. The number of aliphatic carboxylic acids is 1. The van der Waals surface area contributed by atoms with Crippen LogP contribution in [0.3, 0.4) is 0 Å². The number of aromatic nitrogens is 4. The number of hydrogen-bond donors (Lipinski definition) is 1. The first-order valence-corrected chi connectivity index (χ1v) is 9.59. The van der Waals surface area contributed by atoms with E-state index in [2.05, 4.69) is 10.4 Å². The summed E-state index contributed by atoms with van der Waals surface area (Å²) in [6.07, 6.45) is -4.62. The number of halogens is 4. The summed E-state index contributed by atoms with van der Waals surface area (Å²) in [5.41, 5.74) is -1.78. The number of carboxylic acids is 1. The van der Waals surface area contributed by atoms with Gasteiger partial charge >= 0.3 is 17.8 Å². The van der Waals surface area contributed by atoms with Crippen LogP contribution in [0.1, 0.15) is 30.5 Å². The third-order valence-electron chi connectivity index (χ3n) is 4.59. The van der Waals surface area contributed by atoms with E-state index in [1.54, 1.807) is 25.1 Å². The van der Waals surface area contributed by atoms with Gasteiger partial charge in [-0.3, -0.25) is 0 Å². The zero-order valence-electron chi connectivity index (χ0n) is 17.1. The van der Waals surface area contributed by atoms with Gasteiger partial charge in [0.05, 0.1) is 22.8 Å². The first kappa shape index (κ1) is 23.3. The summed E-state index contributed by atoms with van der Waals surface area (Å²) in [7, 11) is 0. The fourth-order valence-corrected chi connectivity index (χ4v) is 3.10. The standard InChI is InChI=1S/C20H18ClF3N4O4/c1-11-8-12(4-7-16(11)32-19(2,3)17(29)30)10-27-18(31)28(26-25-27)13-5-6-14(15(21)9-13)20(22,23)24/h4-9H,10H2,1-3H3,(H,29,30). The highest BCUT2D eigenvalue weighted by molar-refractivity contribution is 6.31. The lowest BCUT2D eigenvalue weighted by Gasteiger charge is -2.23. The highest BCUT2D eigenvalue weighted by Crippen LogP contribution is 2.35. The molecule has 0 unspecified atom stereocenters. The van der Waals surface area contributed by atoms with Crippen molar-refractivity contribution in [2.75, 3.05) is 0 Å². The van der Waals surface area contributed by atoms with E-state index < -0.39 is 34.0 Å². The summed E-state index contributed by atoms with van der Waals surface area (Å²) < 4.78 is 46.0. The van der Waals surface area contributed by atoms with E-state index in [-0.39, 0.29) is 12.2 Å². The smallest absolute Gasteiger partial charge is 0.417 e. The fourth-order valence-electron chi connectivity index (χ4n) is 2.82.